The monoisotopic (exact) mass is 229 g/mol. The number of aromatic nitrogens is 1. The van der Waals surface area contributed by atoms with Gasteiger partial charge in [0.05, 0.1) is 0 Å². The summed E-state index contributed by atoms with van der Waals surface area (Å²) < 4.78 is 2.25. The largest absolute Gasteiger partial charge is 0.347 e. The van der Waals surface area contributed by atoms with Crippen molar-refractivity contribution in [2.75, 3.05) is 0 Å². The van der Waals surface area contributed by atoms with Crippen molar-refractivity contribution in [1.29, 1.82) is 0 Å². The number of benzene rings is 1. The number of fused-ring (bicyclic) bond motifs is 1. The van der Waals surface area contributed by atoms with Crippen molar-refractivity contribution in [3.63, 3.8) is 0 Å². The van der Waals surface area contributed by atoms with E-state index < -0.39 is 0 Å². The van der Waals surface area contributed by atoms with Gasteiger partial charge in [0.25, 0.3) is 0 Å². The minimum absolute atomic E-state index is 1.31. The van der Waals surface area contributed by atoms with Gasteiger partial charge in [0, 0.05) is 29.2 Å². The van der Waals surface area contributed by atoms with E-state index in [1.165, 1.54) is 27.7 Å². The standard InChI is InChI=1S/C14H17N.C2H6/c1-5-6-12-11(3)15(4)14-8-7-10(2)9-13(12)14;1-2/h5-9H,1-4H3;1-2H3/b6-5-;. The topological polar surface area (TPSA) is 4.93 Å². The summed E-state index contributed by atoms with van der Waals surface area (Å²) in [5.41, 5.74) is 5.30. The van der Waals surface area contributed by atoms with Crippen LogP contribution in [0.25, 0.3) is 17.0 Å². The molecule has 0 saturated heterocycles. The molecule has 0 atom stereocenters. The molecule has 0 fully saturated rings. The Labute approximate surface area is 105 Å². The van der Waals surface area contributed by atoms with Gasteiger partial charge in [-0.05, 0) is 32.9 Å². The van der Waals surface area contributed by atoms with E-state index in [1.807, 2.05) is 13.8 Å². The van der Waals surface area contributed by atoms with Crippen LogP contribution in [-0.2, 0) is 7.05 Å². The van der Waals surface area contributed by atoms with Gasteiger partial charge in [0.1, 0.15) is 0 Å². The average molecular weight is 229 g/mol. The molecule has 0 aliphatic heterocycles. The van der Waals surface area contributed by atoms with Crippen LogP contribution >= 0.6 is 0 Å². The molecule has 0 radical (unpaired) electrons. The fourth-order valence-electron chi connectivity index (χ4n) is 2.09. The fraction of sp³-hybridized carbons (Fsp3) is 0.375. The molecule has 1 heteroatoms. The lowest BCUT2D eigenvalue weighted by atomic mass is 10.1. The number of rotatable bonds is 1. The van der Waals surface area contributed by atoms with E-state index in [-0.39, 0.29) is 0 Å². The second-order valence-electron chi connectivity index (χ2n) is 4.08. The van der Waals surface area contributed by atoms with Crippen molar-refractivity contribution in [3.05, 3.63) is 41.1 Å². The van der Waals surface area contributed by atoms with Gasteiger partial charge < -0.3 is 4.57 Å². The Morgan fingerprint density at radius 1 is 1.12 bits per heavy atom. The summed E-state index contributed by atoms with van der Waals surface area (Å²) in [6.07, 6.45) is 4.29. The maximum Gasteiger partial charge on any atom is 0.0486 e. The lowest BCUT2D eigenvalue weighted by Crippen LogP contribution is -1.89. The van der Waals surface area contributed by atoms with Crippen molar-refractivity contribution in [2.45, 2.75) is 34.6 Å². The molecule has 0 amide bonds. The Morgan fingerprint density at radius 2 is 1.76 bits per heavy atom. The molecule has 2 rings (SSSR count). The summed E-state index contributed by atoms with van der Waals surface area (Å²) in [6, 6.07) is 6.63. The normalized spacial score (nSPS) is 10.7. The summed E-state index contributed by atoms with van der Waals surface area (Å²) in [5, 5.41) is 1.35. The summed E-state index contributed by atoms with van der Waals surface area (Å²) in [6.45, 7) is 10.4. The van der Waals surface area contributed by atoms with E-state index in [1.54, 1.807) is 0 Å². The zero-order valence-corrected chi connectivity index (χ0v) is 11.8. The number of allylic oxidation sites excluding steroid dienone is 1. The van der Waals surface area contributed by atoms with Crippen LogP contribution in [0.4, 0.5) is 0 Å². The van der Waals surface area contributed by atoms with Crippen molar-refractivity contribution >= 4 is 17.0 Å². The van der Waals surface area contributed by atoms with E-state index >= 15 is 0 Å². The van der Waals surface area contributed by atoms with Crippen molar-refractivity contribution in [2.24, 2.45) is 7.05 Å². The minimum atomic E-state index is 1.31. The van der Waals surface area contributed by atoms with E-state index in [9.17, 15) is 0 Å². The molecule has 92 valence electrons. The van der Waals surface area contributed by atoms with Gasteiger partial charge >= 0.3 is 0 Å². The first-order chi connectivity index (χ1) is 8.15. The van der Waals surface area contributed by atoms with Crippen LogP contribution in [0.5, 0.6) is 0 Å². The molecule has 0 aliphatic rings. The lowest BCUT2D eigenvalue weighted by Gasteiger charge is -1.98. The molecule has 1 nitrogen and oxygen atoms in total. The smallest absolute Gasteiger partial charge is 0.0486 e. The summed E-state index contributed by atoms with van der Waals surface area (Å²) >= 11 is 0. The van der Waals surface area contributed by atoms with Gasteiger partial charge in [0.2, 0.25) is 0 Å². The number of aryl methyl sites for hydroxylation is 2. The molecule has 0 bridgehead atoms. The fourth-order valence-corrected chi connectivity index (χ4v) is 2.09. The quantitative estimate of drug-likeness (QED) is 0.658. The number of hydrogen-bond acceptors (Lipinski definition) is 0. The Bertz CT molecular complexity index is 530. The van der Waals surface area contributed by atoms with Crippen LogP contribution in [0.3, 0.4) is 0 Å². The van der Waals surface area contributed by atoms with Crippen LogP contribution in [-0.4, -0.2) is 4.57 Å². The van der Waals surface area contributed by atoms with Crippen molar-refractivity contribution in [3.8, 4) is 0 Å². The molecule has 1 aromatic carbocycles. The first kappa shape index (κ1) is 13.6. The van der Waals surface area contributed by atoms with Gasteiger partial charge in [0.15, 0.2) is 0 Å². The molecular formula is C16H23N. The van der Waals surface area contributed by atoms with Gasteiger partial charge in [-0.3, -0.25) is 0 Å². The SMILES string of the molecule is C/C=C\c1c(C)n(C)c2ccc(C)cc12.CC. The van der Waals surface area contributed by atoms with Crippen LogP contribution in [0.15, 0.2) is 24.3 Å². The van der Waals surface area contributed by atoms with Crippen molar-refractivity contribution in [1.82, 2.24) is 4.57 Å². The molecule has 0 unspecified atom stereocenters. The molecule has 1 aromatic heterocycles. The highest BCUT2D eigenvalue weighted by Gasteiger charge is 2.08. The Morgan fingerprint density at radius 3 is 2.35 bits per heavy atom. The minimum Gasteiger partial charge on any atom is -0.347 e. The highest BCUT2D eigenvalue weighted by atomic mass is 14.9. The Balaban J connectivity index is 0.000000686. The summed E-state index contributed by atoms with van der Waals surface area (Å²) in [4.78, 5) is 0. The maximum absolute atomic E-state index is 2.26. The summed E-state index contributed by atoms with van der Waals surface area (Å²) in [5.74, 6) is 0. The van der Waals surface area contributed by atoms with Gasteiger partial charge in [-0.25, -0.2) is 0 Å². The number of nitrogens with zero attached hydrogens (tertiary/aromatic N) is 1. The highest BCUT2D eigenvalue weighted by molar-refractivity contribution is 5.91. The first-order valence-corrected chi connectivity index (χ1v) is 6.33. The van der Waals surface area contributed by atoms with Gasteiger partial charge in [-0.15, -0.1) is 0 Å². The highest BCUT2D eigenvalue weighted by Crippen LogP contribution is 2.26. The molecule has 0 spiro atoms. The first-order valence-electron chi connectivity index (χ1n) is 6.33. The zero-order valence-electron chi connectivity index (χ0n) is 11.8. The van der Waals surface area contributed by atoms with Crippen LogP contribution in [0.2, 0.25) is 0 Å². The van der Waals surface area contributed by atoms with Crippen LogP contribution in [0, 0.1) is 13.8 Å². The third kappa shape index (κ3) is 2.44. The second kappa shape index (κ2) is 5.72. The number of hydrogen-bond donors (Lipinski definition) is 0. The average Bonchev–Trinajstić information content (AvgIpc) is 2.57. The molecular weight excluding hydrogens is 206 g/mol. The van der Waals surface area contributed by atoms with Crippen LogP contribution in [0.1, 0.15) is 37.6 Å². The van der Waals surface area contributed by atoms with Gasteiger partial charge in [-0.2, -0.15) is 0 Å². The van der Waals surface area contributed by atoms with E-state index in [0.717, 1.165) is 0 Å². The van der Waals surface area contributed by atoms with E-state index in [2.05, 4.69) is 62.7 Å². The predicted molar refractivity (Wildman–Crippen MR) is 78.4 cm³/mol. The molecule has 0 saturated carbocycles. The molecule has 2 aromatic rings. The van der Waals surface area contributed by atoms with Crippen LogP contribution < -0.4 is 0 Å². The molecule has 17 heavy (non-hydrogen) atoms. The lowest BCUT2D eigenvalue weighted by molar-refractivity contribution is 0.916. The predicted octanol–water partition coefficient (Wildman–Crippen LogP) is 4.85. The Hall–Kier alpha value is -1.50. The Kier molecular flexibility index (Phi) is 4.56. The van der Waals surface area contributed by atoms with E-state index in [4.69, 9.17) is 0 Å². The van der Waals surface area contributed by atoms with Gasteiger partial charge in [-0.1, -0.05) is 37.6 Å². The molecule has 0 aliphatic carbocycles. The second-order valence-corrected chi connectivity index (χ2v) is 4.08. The summed E-state index contributed by atoms with van der Waals surface area (Å²) in [7, 11) is 2.12. The maximum atomic E-state index is 2.26. The zero-order chi connectivity index (χ0) is 13.0. The third-order valence-electron chi connectivity index (χ3n) is 3.03. The third-order valence-corrected chi connectivity index (χ3v) is 3.03. The molecule has 0 N–H and O–H groups in total. The van der Waals surface area contributed by atoms with E-state index in [0.29, 0.717) is 0 Å². The van der Waals surface area contributed by atoms with Crippen molar-refractivity contribution < 1.29 is 0 Å². The molecule has 1 heterocycles.